The van der Waals surface area contributed by atoms with Crippen molar-refractivity contribution in [2.45, 2.75) is 51.2 Å². The average molecular weight is 358 g/mol. The summed E-state index contributed by atoms with van der Waals surface area (Å²) in [5.41, 5.74) is 2.30. The van der Waals surface area contributed by atoms with Crippen LogP contribution in [0.5, 0.6) is 5.75 Å². The topological polar surface area (TPSA) is 50.8 Å². The summed E-state index contributed by atoms with van der Waals surface area (Å²) >= 11 is 0. The molecule has 2 unspecified atom stereocenters. The molecule has 1 aliphatic heterocycles. The van der Waals surface area contributed by atoms with E-state index in [1.165, 1.54) is 5.57 Å². The Balaban J connectivity index is 1.57. The van der Waals surface area contributed by atoms with Gasteiger partial charge in [-0.3, -0.25) is 0 Å². The molecule has 1 fully saturated rings. The first kappa shape index (κ1) is 18.8. The Morgan fingerprint density at radius 1 is 1.31 bits per heavy atom. The van der Waals surface area contributed by atoms with Gasteiger partial charge in [0.15, 0.2) is 0 Å². The normalized spacial score (nSPS) is 23.1. The number of benzene rings is 1. The van der Waals surface area contributed by atoms with E-state index in [1.807, 2.05) is 25.2 Å². The summed E-state index contributed by atoms with van der Waals surface area (Å²) in [5.74, 6) is 0.913. The van der Waals surface area contributed by atoms with Gasteiger partial charge in [-0.05, 0) is 49.8 Å². The van der Waals surface area contributed by atoms with Crippen molar-refractivity contribution in [1.29, 1.82) is 0 Å². The number of nitrogens with one attached hydrogen (secondary N) is 1. The molecule has 2 amide bonds. The van der Waals surface area contributed by atoms with Crippen LogP contribution in [0.15, 0.2) is 35.9 Å². The van der Waals surface area contributed by atoms with Gasteiger partial charge in [-0.1, -0.05) is 30.7 Å². The number of aryl methyl sites for hydroxylation is 1. The maximum absolute atomic E-state index is 12.6. The van der Waals surface area contributed by atoms with E-state index in [1.54, 1.807) is 4.90 Å². The first-order valence-electron chi connectivity index (χ1n) is 9.63. The van der Waals surface area contributed by atoms with E-state index in [2.05, 4.69) is 24.4 Å². The van der Waals surface area contributed by atoms with Crippen LogP contribution < -0.4 is 10.1 Å². The Morgan fingerprint density at radius 2 is 2.12 bits per heavy atom. The molecule has 0 radical (unpaired) electrons. The first-order valence-corrected chi connectivity index (χ1v) is 9.63. The molecule has 1 heterocycles. The van der Waals surface area contributed by atoms with Crippen molar-refractivity contribution in [1.82, 2.24) is 10.2 Å². The van der Waals surface area contributed by atoms with Crippen molar-refractivity contribution < 1.29 is 14.3 Å². The lowest BCUT2D eigenvalue weighted by Gasteiger charge is -2.34. The second-order valence-corrected chi connectivity index (χ2v) is 7.32. The van der Waals surface area contributed by atoms with Crippen molar-refractivity contribution in [3.63, 3.8) is 0 Å². The summed E-state index contributed by atoms with van der Waals surface area (Å²) in [7, 11) is 1.84. The highest BCUT2D eigenvalue weighted by molar-refractivity contribution is 5.74. The van der Waals surface area contributed by atoms with Gasteiger partial charge in [-0.25, -0.2) is 4.79 Å². The molecule has 1 aromatic carbocycles. The number of para-hydroxylation sites is 1. The van der Waals surface area contributed by atoms with Gasteiger partial charge >= 0.3 is 6.03 Å². The van der Waals surface area contributed by atoms with Gasteiger partial charge < -0.3 is 19.7 Å². The van der Waals surface area contributed by atoms with Gasteiger partial charge in [0.1, 0.15) is 11.9 Å². The lowest BCUT2D eigenvalue weighted by molar-refractivity contribution is 0.110. The van der Waals surface area contributed by atoms with Crippen LogP contribution in [0.25, 0.3) is 0 Å². The predicted octanol–water partition coefficient (Wildman–Crippen LogP) is 3.67. The minimum atomic E-state index is -0.0400. The zero-order chi connectivity index (χ0) is 18.4. The van der Waals surface area contributed by atoms with Crippen LogP contribution >= 0.6 is 0 Å². The maximum Gasteiger partial charge on any atom is 0.317 e. The number of likely N-dealkylation sites (N-methyl/N-ethyl adjacent to an activating group) is 1. The SMILES string of the molecule is Cc1ccccc1OC1CCCCC1NC(=O)N(C)CC1=CCCOC1. The van der Waals surface area contributed by atoms with E-state index in [-0.39, 0.29) is 18.2 Å². The molecule has 0 spiro atoms. The van der Waals surface area contributed by atoms with E-state index in [0.717, 1.165) is 50.0 Å². The van der Waals surface area contributed by atoms with Gasteiger partial charge in [0.25, 0.3) is 0 Å². The van der Waals surface area contributed by atoms with Crippen LogP contribution in [0.3, 0.4) is 0 Å². The first-order chi connectivity index (χ1) is 12.6. The molecule has 1 aliphatic carbocycles. The van der Waals surface area contributed by atoms with Crippen LogP contribution in [-0.2, 0) is 4.74 Å². The fourth-order valence-electron chi connectivity index (χ4n) is 3.62. The van der Waals surface area contributed by atoms with Crippen molar-refractivity contribution in [2.75, 3.05) is 26.8 Å². The van der Waals surface area contributed by atoms with E-state index in [4.69, 9.17) is 9.47 Å². The van der Waals surface area contributed by atoms with E-state index < -0.39 is 0 Å². The molecule has 1 saturated carbocycles. The molecule has 26 heavy (non-hydrogen) atoms. The molecule has 2 aliphatic rings. The number of hydrogen-bond acceptors (Lipinski definition) is 3. The van der Waals surface area contributed by atoms with Crippen LogP contribution in [0.2, 0.25) is 0 Å². The highest BCUT2D eigenvalue weighted by Gasteiger charge is 2.29. The molecular formula is C21H30N2O3. The summed E-state index contributed by atoms with van der Waals surface area (Å²) < 4.78 is 11.7. The van der Waals surface area contributed by atoms with Gasteiger partial charge in [0.05, 0.1) is 19.3 Å². The number of carbonyl (C=O) groups excluding carboxylic acids is 1. The number of nitrogens with zero attached hydrogens (tertiary/aromatic N) is 1. The molecule has 0 bridgehead atoms. The second kappa shape index (κ2) is 9.08. The van der Waals surface area contributed by atoms with Gasteiger partial charge in [-0.2, -0.15) is 0 Å². The van der Waals surface area contributed by atoms with E-state index in [0.29, 0.717) is 13.2 Å². The van der Waals surface area contributed by atoms with Crippen LogP contribution in [0.4, 0.5) is 4.79 Å². The fourth-order valence-corrected chi connectivity index (χ4v) is 3.62. The summed E-state index contributed by atoms with van der Waals surface area (Å²) in [6, 6.07) is 8.08. The average Bonchev–Trinajstić information content (AvgIpc) is 2.66. The summed E-state index contributed by atoms with van der Waals surface area (Å²) in [6.07, 6.45) is 7.34. The third kappa shape index (κ3) is 5.01. The van der Waals surface area contributed by atoms with Crippen molar-refractivity contribution >= 4 is 6.03 Å². The van der Waals surface area contributed by atoms with Crippen LogP contribution in [0, 0.1) is 6.92 Å². The smallest absolute Gasteiger partial charge is 0.317 e. The van der Waals surface area contributed by atoms with E-state index in [9.17, 15) is 4.79 Å². The predicted molar refractivity (Wildman–Crippen MR) is 103 cm³/mol. The number of amides is 2. The highest BCUT2D eigenvalue weighted by Crippen LogP contribution is 2.26. The molecule has 142 valence electrons. The number of ether oxygens (including phenoxy) is 2. The molecule has 0 saturated heterocycles. The molecule has 3 rings (SSSR count). The number of hydrogen-bond donors (Lipinski definition) is 1. The van der Waals surface area contributed by atoms with Crippen molar-refractivity contribution in [3.8, 4) is 5.75 Å². The molecule has 5 nitrogen and oxygen atoms in total. The molecule has 5 heteroatoms. The van der Waals surface area contributed by atoms with Crippen LogP contribution in [0.1, 0.15) is 37.7 Å². The lowest BCUT2D eigenvalue weighted by atomic mass is 9.92. The van der Waals surface area contributed by atoms with Crippen molar-refractivity contribution in [2.24, 2.45) is 0 Å². The summed E-state index contributed by atoms with van der Waals surface area (Å²) in [6.45, 7) is 4.07. The number of urea groups is 1. The second-order valence-electron chi connectivity index (χ2n) is 7.32. The minimum Gasteiger partial charge on any atom is -0.488 e. The molecular weight excluding hydrogens is 328 g/mol. The highest BCUT2D eigenvalue weighted by atomic mass is 16.5. The Hall–Kier alpha value is -2.01. The van der Waals surface area contributed by atoms with Gasteiger partial charge in [-0.15, -0.1) is 0 Å². The molecule has 0 aromatic heterocycles. The fraction of sp³-hybridized carbons (Fsp3) is 0.571. The summed E-state index contributed by atoms with van der Waals surface area (Å²) in [4.78, 5) is 14.4. The quantitative estimate of drug-likeness (QED) is 0.817. The van der Waals surface area contributed by atoms with Gasteiger partial charge in [0.2, 0.25) is 0 Å². The largest absolute Gasteiger partial charge is 0.488 e. The number of carbonyl (C=O) groups is 1. The maximum atomic E-state index is 12.6. The lowest BCUT2D eigenvalue weighted by Crippen LogP contribution is -2.51. The van der Waals surface area contributed by atoms with Crippen LogP contribution in [-0.4, -0.2) is 49.9 Å². The number of rotatable bonds is 5. The Bertz CT molecular complexity index is 644. The standard InChI is InChI=1S/C21H30N2O3/c1-16-8-3-5-11-19(16)26-20-12-6-4-10-18(20)22-21(24)23(2)14-17-9-7-13-25-15-17/h3,5,8-9,11,18,20H,4,6-7,10,12-15H2,1-2H3,(H,22,24). The molecule has 1 aromatic rings. The third-order valence-corrected chi connectivity index (χ3v) is 5.15. The zero-order valence-corrected chi connectivity index (χ0v) is 15.9. The summed E-state index contributed by atoms with van der Waals surface area (Å²) in [5, 5.41) is 3.19. The third-order valence-electron chi connectivity index (χ3n) is 5.15. The monoisotopic (exact) mass is 358 g/mol. The van der Waals surface area contributed by atoms with E-state index >= 15 is 0 Å². The molecule has 2 atom stereocenters. The van der Waals surface area contributed by atoms with Gasteiger partial charge in [0, 0.05) is 13.6 Å². The van der Waals surface area contributed by atoms with Crippen molar-refractivity contribution in [3.05, 3.63) is 41.5 Å². The Kier molecular flexibility index (Phi) is 6.56. The zero-order valence-electron chi connectivity index (χ0n) is 15.9. The Morgan fingerprint density at radius 3 is 2.88 bits per heavy atom. The molecule has 1 N–H and O–H groups in total. The minimum absolute atomic E-state index is 0.0272. The Labute approximate surface area is 156 Å².